The van der Waals surface area contributed by atoms with Crippen molar-refractivity contribution in [2.24, 2.45) is 5.10 Å². The Labute approximate surface area is 113 Å². The topological polar surface area (TPSA) is 45.7 Å². The maximum absolute atomic E-state index is 5.27. The number of methoxy groups -OCH3 is 1. The molecule has 0 bridgehead atoms. The van der Waals surface area contributed by atoms with E-state index in [1.54, 1.807) is 13.2 Å². The van der Waals surface area contributed by atoms with Crippen LogP contribution in [0.5, 0.6) is 5.75 Å². The number of nitrogens with zero attached hydrogens (tertiary/aromatic N) is 1. The zero-order valence-corrected chi connectivity index (χ0v) is 11.4. The Bertz CT molecular complexity index is 457. The number of rotatable bonds is 5. The van der Waals surface area contributed by atoms with Gasteiger partial charge in [-0.3, -0.25) is 5.43 Å². The smallest absolute Gasteiger partial charge is 0.187 e. The quantitative estimate of drug-likeness (QED) is 0.369. The molecule has 0 radical (unpaired) electrons. The lowest BCUT2D eigenvalue weighted by molar-refractivity contribution is 0.414. The van der Waals surface area contributed by atoms with Gasteiger partial charge in [0, 0.05) is 12.1 Å². The molecule has 0 aliphatic rings. The maximum Gasteiger partial charge on any atom is 0.187 e. The van der Waals surface area contributed by atoms with E-state index in [1.165, 1.54) is 0 Å². The predicted molar refractivity (Wildman–Crippen MR) is 79.1 cm³/mol. The van der Waals surface area contributed by atoms with Crippen LogP contribution in [0.2, 0.25) is 0 Å². The summed E-state index contributed by atoms with van der Waals surface area (Å²) in [6, 6.07) is 7.69. The highest BCUT2D eigenvalue weighted by atomic mass is 32.1. The highest BCUT2D eigenvalue weighted by Crippen LogP contribution is 2.17. The van der Waals surface area contributed by atoms with Gasteiger partial charge in [0.15, 0.2) is 5.11 Å². The molecular formula is C13H17N3OS. The van der Waals surface area contributed by atoms with Gasteiger partial charge in [-0.15, -0.1) is 6.58 Å². The molecule has 0 aromatic heterocycles. The number of nitrogens with one attached hydrogen (secondary N) is 2. The van der Waals surface area contributed by atoms with Crippen LogP contribution in [0.4, 0.5) is 0 Å². The first-order valence-electron chi connectivity index (χ1n) is 5.51. The summed E-state index contributed by atoms with van der Waals surface area (Å²) in [6.45, 7) is 6.09. The molecule has 0 aliphatic heterocycles. The van der Waals surface area contributed by atoms with Crippen LogP contribution < -0.4 is 15.5 Å². The summed E-state index contributed by atoms with van der Waals surface area (Å²) in [5.41, 5.74) is 4.50. The molecule has 0 spiro atoms. The molecule has 0 saturated heterocycles. The Morgan fingerprint density at radius 2 is 2.22 bits per heavy atom. The zero-order chi connectivity index (χ0) is 13.4. The Morgan fingerprint density at radius 1 is 1.50 bits per heavy atom. The van der Waals surface area contributed by atoms with Gasteiger partial charge in [0.25, 0.3) is 0 Å². The third-order valence-corrected chi connectivity index (χ3v) is 2.46. The van der Waals surface area contributed by atoms with Crippen LogP contribution in [0.1, 0.15) is 12.5 Å². The second kappa shape index (κ2) is 7.45. The first-order chi connectivity index (χ1) is 8.69. The van der Waals surface area contributed by atoms with Gasteiger partial charge in [0.2, 0.25) is 0 Å². The molecule has 0 amide bonds. The second-order valence-electron chi connectivity index (χ2n) is 3.51. The van der Waals surface area contributed by atoms with E-state index in [9.17, 15) is 0 Å². The van der Waals surface area contributed by atoms with Gasteiger partial charge in [-0.1, -0.05) is 18.2 Å². The molecule has 2 N–H and O–H groups in total. The van der Waals surface area contributed by atoms with Crippen molar-refractivity contribution in [3.05, 3.63) is 42.5 Å². The SMILES string of the molecule is C=CCNC(=S)N/N=C(/C)c1ccccc1OC. The molecule has 1 rings (SSSR count). The largest absolute Gasteiger partial charge is 0.496 e. The minimum atomic E-state index is 0.462. The van der Waals surface area contributed by atoms with E-state index in [2.05, 4.69) is 22.4 Å². The number of thiocarbonyl (C=S) groups is 1. The van der Waals surface area contributed by atoms with E-state index < -0.39 is 0 Å². The molecule has 96 valence electrons. The lowest BCUT2D eigenvalue weighted by Gasteiger charge is -2.09. The molecule has 18 heavy (non-hydrogen) atoms. The van der Waals surface area contributed by atoms with Gasteiger partial charge in [0.05, 0.1) is 12.8 Å². The minimum absolute atomic E-state index is 0.462. The van der Waals surface area contributed by atoms with Crippen LogP contribution in [0.25, 0.3) is 0 Å². The maximum atomic E-state index is 5.27. The molecule has 0 heterocycles. The van der Waals surface area contributed by atoms with Gasteiger partial charge in [-0.2, -0.15) is 5.10 Å². The lowest BCUT2D eigenvalue weighted by Crippen LogP contribution is -2.32. The van der Waals surface area contributed by atoms with Crippen molar-refractivity contribution >= 4 is 23.0 Å². The molecule has 0 fully saturated rings. The van der Waals surface area contributed by atoms with Crippen LogP contribution in [0.15, 0.2) is 42.0 Å². The number of hydrazone groups is 1. The van der Waals surface area contributed by atoms with Crippen molar-refractivity contribution in [1.29, 1.82) is 0 Å². The highest BCUT2D eigenvalue weighted by Gasteiger charge is 2.04. The number of benzene rings is 1. The van der Waals surface area contributed by atoms with Crippen molar-refractivity contribution in [3.63, 3.8) is 0 Å². The Kier molecular flexibility index (Phi) is 5.87. The predicted octanol–water partition coefficient (Wildman–Crippen LogP) is 2.07. The molecule has 4 nitrogen and oxygen atoms in total. The third-order valence-electron chi connectivity index (χ3n) is 2.23. The zero-order valence-electron chi connectivity index (χ0n) is 10.6. The highest BCUT2D eigenvalue weighted by molar-refractivity contribution is 7.80. The molecule has 1 aromatic rings. The third kappa shape index (κ3) is 4.18. The van der Waals surface area contributed by atoms with Gasteiger partial charge in [-0.25, -0.2) is 0 Å². The molecule has 1 aromatic carbocycles. The fraction of sp³-hybridized carbons (Fsp3) is 0.231. The molecule has 0 saturated carbocycles. The van der Waals surface area contributed by atoms with E-state index in [0.717, 1.165) is 17.0 Å². The van der Waals surface area contributed by atoms with Crippen LogP contribution in [0, 0.1) is 0 Å². The first kappa shape index (κ1) is 14.2. The molecule has 0 aliphatic carbocycles. The minimum Gasteiger partial charge on any atom is -0.496 e. The van der Waals surface area contributed by atoms with Crippen molar-refractivity contribution in [1.82, 2.24) is 10.7 Å². The molecular weight excluding hydrogens is 246 g/mol. The average molecular weight is 263 g/mol. The van der Waals surface area contributed by atoms with E-state index in [1.807, 2.05) is 31.2 Å². The van der Waals surface area contributed by atoms with Crippen LogP contribution in [-0.2, 0) is 0 Å². The number of para-hydroxylation sites is 1. The van der Waals surface area contributed by atoms with E-state index in [0.29, 0.717) is 11.7 Å². The summed E-state index contributed by atoms with van der Waals surface area (Å²) in [7, 11) is 1.63. The van der Waals surface area contributed by atoms with Crippen LogP contribution in [0.3, 0.4) is 0 Å². The van der Waals surface area contributed by atoms with Gasteiger partial charge in [-0.05, 0) is 31.3 Å². The van der Waals surface area contributed by atoms with Crippen LogP contribution in [-0.4, -0.2) is 24.5 Å². The summed E-state index contributed by atoms with van der Waals surface area (Å²) in [6.07, 6.45) is 1.73. The summed E-state index contributed by atoms with van der Waals surface area (Å²) in [5.74, 6) is 0.783. The summed E-state index contributed by atoms with van der Waals surface area (Å²) in [5, 5.41) is 7.60. The lowest BCUT2D eigenvalue weighted by atomic mass is 10.1. The summed E-state index contributed by atoms with van der Waals surface area (Å²) >= 11 is 5.04. The van der Waals surface area contributed by atoms with Crippen molar-refractivity contribution in [2.75, 3.05) is 13.7 Å². The monoisotopic (exact) mass is 263 g/mol. The molecule has 0 atom stereocenters. The van der Waals surface area contributed by atoms with Gasteiger partial charge >= 0.3 is 0 Å². The van der Waals surface area contributed by atoms with Crippen molar-refractivity contribution in [2.45, 2.75) is 6.92 Å². The van der Waals surface area contributed by atoms with E-state index in [4.69, 9.17) is 17.0 Å². The standard InChI is InChI=1S/C13H17N3OS/c1-4-9-14-13(18)16-15-10(2)11-7-5-6-8-12(11)17-3/h4-8H,1,9H2,2-3H3,(H2,14,16,18)/b15-10-. The normalized spacial score (nSPS) is 10.7. The van der Waals surface area contributed by atoms with Crippen LogP contribution >= 0.6 is 12.2 Å². The fourth-order valence-corrected chi connectivity index (χ4v) is 1.47. The summed E-state index contributed by atoms with van der Waals surface area (Å²) < 4.78 is 5.27. The number of hydrogen-bond acceptors (Lipinski definition) is 3. The first-order valence-corrected chi connectivity index (χ1v) is 5.92. The summed E-state index contributed by atoms with van der Waals surface area (Å²) in [4.78, 5) is 0. The van der Waals surface area contributed by atoms with Crippen molar-refractivity contribution < 1.29 is 4.74 Å². The Morgan fingerprint density at radius 3 is 2.89 bits per heavy atom. The Hall–Kier alpha value is -1.88. The van der Waals surface area contributed by atoms with E-state index >= 15 is 0 Å². The van der Waals surface area contributed by atoms with E-state index in [-0.39, 0.29) is 0 Å². The fourth-order valence-electron chi connectivity index (χ4n) is 1.34. The second-order valence-corrected chi connectivity index (χ2v) is 3.92. The van der Waals surface area contributed by atoms with Gasteiger partial charge in [0.1, 0.15) is 5.75 Å². The molecule has 0 unspecified atom stereocenters. The average Bonchev–Trinajstić information content (AvgIpc) is 2.42. The Balaban J connectivity index is 2.71. The van der Waals surface area contributed by atoms with Gasteiger partial charge < -0.3 is 10.1 Å². The van der Waals surface area contributed by atoms with Crippen molar-refractivity contribution in [3.8, 4) is 5.75 Å². The molecule has 5 heteroatoms. The number of hydrogen-bond donors (Lipinski definition) is 2. The number of ether oxygens (including phenoxy) is 1.